The molecule has 1 aromatic carbocycles. The lowest BCUT2D eigenvalue weighted by Crippen LogP contribution is -2.03. The van der Waals surface area contributed by atoms with Crippen LogP contribution in [0.15, 0.2) is 18.2 Å². The largest absolute Gasteiger partial charge is 0.505 e. The molecule has 0 atom stereocenters. The maximum absolute atomic E-state index is 10.9. The van der Waals surface area contributed by atoms with Crippen molar-refractivity contribution in [2.45, 2.75) is 13.8 Å². The van der Waals surface area contributed by atoms with Crippen molar-refractivity contribution in [1.29, 1.82) is 0 Å². The summed E-state index contributed by atoms with van der Waals surface area (Å²) in [7, 11) is 0. The highest BCUT2D eigenvalue weighted by atomic mass is 16.4. The average Bonchev–Trinajstić information content (AvgIpc) is 2.22. The number of aromatic nitrogens is 1. The third-order valence-corrected chi connectivity index (χ3v) is 2.53. The van der Waals surface area contributed by atoms with E-state index in [0.29, 0.717) is 11.1 Å². The summed E-state index contributed by atoms with van der Waals surface area (Å²) in [5.41, 5.74) is 1.35. The highest BCUT2D eigenvalue weighted by Crippen LogP contribution is 2.29. The van der Waals surface area contributed by atoms with Gasteiger partial charge in [0.15, 0.2) is 11.4 Å². The summed E-state index contributed by atoms with van der Waals surface area (Å²) in [5, 5.41) is 20.0. The molecule has 4 nitrogen and oxygen atoms in total. The number of nitrogens with zero attached hydrogens (tertiary/aromatic N) is 1. The van der Waals surface area contributed by atoms with E-state index in [9.17, 15) is 9.90 Å². The first-order valence-electron chi connectivity index (χ1n) is 4.84. The zero-order chi connectivity index (χ0) is 11.9. The number of fused-ring (bicyclic) bond motifs is 1. The fourth-order valence-corrected chi connectivity index (χ4v) is 1.72. The molecule has 0 amide bonds. The topological polar surface area (TPSA) is 70.4 Å². The van der Waals surface area contributed by atoms with E-state index in [1.54, 1.807) is 13.0 Å². The Bertz CT molecular complexity index is 590. The number of aryl methyl sites for hydroxylation is 2. The van der Waals surface area contributed by atoms with Crippen LogP contribution < -0.4 is 0 Å². The molecule has 0 unspecified atom stereocenters. The lowest BCUT2D eigenvalue weighted by molar-refractivity contribution is 0.0687. The summed E-state index contributed by atoms with van der Waals surface area (Å²) in [6.45, 7) is 3.66. The molecule has 2 N–H and O–H groups in total. The van der Waals surface area contributed by atoms with Crippen molar-refractivity contribution < 1.29 is 15.0 Å². The van der Waals surface area contributed by atoms with Gasteiger partial charge in [-0.2, -0.15) is 0 Å². The van der Waals surface area contributed by atoms with E-state index >= 15 is 0 Å². The van der Waals surface area contributed by atoms with E-state index < -0.39 is 5.97 Å². The highest BCUT2D eigenvalue weighted by molar-refractivity contribution is 5.99. The first kappa shape index (κ1) is 10.4. The van der Waals surface area contributed by atoms with E-state index in [2.05, 4.69) is 4.98 Å². The Morgan fingerprint density at radius 3 is 2.56 bits per heavy atom. The second kappa shape index (κ2) is 3.48. The summed E-state index contributed by atoms with van der Waals surface area (Å²) in [5.74, 6) is -1.49. The van der Waals surface area contributed by atoms with E-state index in [4.69, 9.17) is 5.11 Å². The minimum Gasteiger partial charge on any atom is -0.505 e. The second-order valence-electron chi connectivity index (χ2n) is 3.75. The number of hydrogen-bond donors (Lipinski definition) is 2. The van der Waals surface area contributed by atoms with Crippen molar-refractivity contribution >= 4 is 16.7 Å². The summed E-state index contributed by atoms with van der Waals surface area (Å²) < 4.78 is 0. The van der Waals surface area contributed by atoms with Crippen molar-refractivity contribution in [2.24, 2.45) is 0 Å². The van der Waals surface area contributed by atoms with Crippen LogP contribution in [0.2, 0.25) is 0 Å². The number of carbonyl (C=O) groups is 1. The molecule has 0 radical (unpaired) electrons. The van der Waals surface area contributed by atoms with Crippen molar-refractivity contribution in [1.82, 2.24) is 4.98 Å². The summed E-state index contributed by atoms with van der Waals surface area (Å²) in [4.78, 5) is 14.8. The van der Waals surface area contributed by atoms with Crippen molar-refractivity contribution in [3.63, 3.8) is 0 Å². The number of hydrogen-bond acceptors (Lipinski definition) is 3. The molecular formula is C12H11NO3. The normalized spacial score (nSPS) is 10.6. The number of aromatic carboxylic acids is 1. The van der Waals surface area contributed by atoms with Gasteiger partial charge in [-0.3, -0.25) is 0 Å². The van der Waals surface area contributed by atoms with Crippen LogP contribution in [0.3, 0.4) is 0 Å². The summed E-state index contributed by atoms with van der Waals surface area (Å²) in [6, 6.07) is 5.41. The molecule has 82 valence electrons. The molecule has 1 heterocycles. The smallest absolute Gasteiger partial charge is 0.358 e. The molecule has 1 aromatic heterocycles. The van der Waals surface area contributed by atoms with E-state index in [1.807, 2.05) is 19.1 Å². The van der Waals surface area contributed by atoms with E-state index in [1.165, 1.54) is 0 Å². The number of carboxylic acids is 1. The molecule has 16 heavy (non-hydrogen) atoms. The molecule has 0 aliphatic carbocycles. The van der Waals surface area contributed by atoms with Crippen LogP contribution in [0.1, 0.15) is 21.7 Å². The van der Waals surface area contributed by atoms with Crippen LogP contribution in [0.5, 0.6) is 5.75 Å². The predicted octanol–water partition coefficient (Wildman–Crippen LogP) is 2.26. The van der Waals surface area contributed by atoms with Crippen molar-refractivity contribution in [2.75, 3.05) is 0 Å². The van der Waals surface area contributed by atoms with Gasteiger partial charge in [-0.25, -0.2) is 9.78 Å². The third-order valence-electron chi connectivity index (χ3n) is 2.53. The van der Waals surface area contributed by atoms with Crippen LogP contribution in [-0.4, -0.2) is 21.2 Å². The molecule has 4 heteroatoms. The van der Waals surface area contributed by atoms with Gasteiger partial charge in [0.2, 0.25) is 0 Å². The number of aromatic hydroxyl groups is 1. The SMILES string of the molecule is Cc1ccc2c(O)c(C(=O)O)nc(C)c2c1. The minimum absolute atomic E-state index is 0.270. The summed E-state index contributed by atoms with van der Waals surface area (Å²) >= 11 is 0. The quantitative estimate of drug-likeness (QED) is 0.768. The van der Waals surface area contributed by atoms with Gasteiger partial charge >= 0.3 is 5.97 Å². The Labute approximate surface area is 92.2 Å². The maximum atomic E-state index is 10.9. The first-order valence-corrected chi connectivity index (χ1v) is 4.84. The number of rotatable bonds is 1. The van der Waals surface area contributed by atoms with Crippen LogP contribution in [0.4, 0.5) is 0 Å². The van der Waals surface area contributed by atoms with Gasteiger partial charge in [-0.05, 0) is 19.9 Å². The minimum atomic E-state index is -1.22. The first-order chi connectivity index (χ1) is 7.50. The molecule has 0 aliphatic rings. The van der Waals surface area contributed by atoms with Gasteiger partial charge in [0.1, 0.15) is 0 Å². The van der Waals surface area contributed by atoms with Crippen molar-refractivity contribution in [3.05, 3.63) is 35.2 Å². The zero-order valence-electron chi connectivity index (χ0n) is 8.98. The second-order valence-corrected chi connectivity index (χ2v) is 3.75. The summed E-state index contributed by atoms with van der Waals surface area (Å²) in [6.07, 6.45) is 0. The zero-order valence-corrected chi connectivity index (χ0v) is 8.98. The maximum Gasteiger partial charge on any atom is 0.358 e. The van der Waals surface area contributed by atoms with Gasteiger partial charge in [0.05, 0.1) is 0 Å². The molecule has 0 spiro atoms. The lowest BCUT2D eigenvalue weighted by atomic mass is 10.0. The van der Waals surface area contributed by atoms with Crippen molar-refractivity contribution in [3.8, 4) is 5.75 Å². The molecular weight excluding hydrogens is 206 g/mol. The Balaban J connectivity index is 2.90. The Morgan fingerprint density at radius 2 is 1.94 bits per heavy atom. The Hall–Kier alpha value is -2.10. The molecule has 2 aromatic rings. The molecule has 0 fully saturated rings. The molecule has 0 saturated heterocycles. The molecule has 2 rings (SSSR count). The average molecular weight is 217 g/mol. The predicted molar refractivity (Wildman–Crippen MR) is 59.8 cm³/mol. The van der Waals surface area contributed by atoms with Gasteiger partial charge in [0.25, 0.3) is 0 Å². The standard InChI is InChI=1S/C12H11NO3/c1-6-3-4-8-9(5-6)7(2)13-10(11(8)14)12(15)16/h3-5,14H,1-2H3,(H,15,16). The third kappa shape index (κ3) is 1.48. The lowest BCUT2D eigenvalue weighted by Gasteiger charge is -2.07. The number of pyridine rings is 1. The highest BCUT2D eigenvalue weighted by Gasteiger charge is 2.16. The molecule has 0 aliphatic heterocycles. The van der Waals surface area contributed by atoms with Gasteiger partial charge in [-0.1, -0.05) is 17.7 Å². The molecule has 0 bridgehead atoms. The van der Waals surface area contributed by atoms with Gasteiger partial charge in [-0.15, -0.1) is 0 Å². The van der Waals surface area contributed by atoms with E-state index in [-0.39, 0.29) is 11.4 Å². The number of carboxylic acid groups (broad SMARTS) is 1. The molecule has 0 saturated carbocycles. The van der Waals surface area contributed by atoms with E-state index in [0.717, 1.165) is 10.9 Å². The van der Waals surface area contributed by atoms with Crippen LogP contribution in [-0.2, 0) is 0 Å². The fourth-order valence-electron chi connectivity index (χ4n) is 1.72. The Morgan fingerprint density at radius 1 is 1.25 bits per heavy atom. The van der Waals surface area contributed by atoms with Gasteiger partial charge in [0, 0.05) is 16.5 Å². The van der Waals surface area contributed by atoms with Gasteiger partial charge < -0.3 is 10.2 Å². The number of benzene rings is 1. The fraction of sp³-hybridized carbons (Fsp3) is 0.167. The Kier molecular flexibility index (Phi) is 2.27. The van der Waals surface area contributed by atoms with Crippen LogP contribution in [0, 0.1) is 13.8 Å². The van der Waals surface area contributed by atoms with Crippen LogP contribution >= 0.6 is 0 Å². The van der Waals surface area contributed by atoms with Crippen LogP contribution in [0.25, 0.3) is 10.8 Å². The monoisotopic (exact) mass is 217 g/mol.